The molecule has 110 valence electrons. The molecule has 0 spiro atoms. The number of hydrogen-bond acceptors (Lipinski definition) is 4. The Morgan fingerprint density at radius 3 is 2.70 bits per heavy atom. The van der Waals surface area contributed by atoms with Crippen LogP contribution in [-0.2, 0) is 11.3 Å². The summed E-state index contributed by atoms with van der Waals surface area (Å²) in [5.41, 5.74) is -0.331. The van der Waals surface area contributed by atoms with E-state index in [2.05, 4.69) is 16.8 Å². The zero-order valence-corrected chi connectivity index (χ0v) is 12.2. The molecule has 20 heavy (non-hydrogen) atoms. The highest BCUT2D eigenvalue weighted by molar-refractivity contribution is 6.00. The first-order chi connectivity index (χ1) is 9.78. The normalized spacial score (nSPS) is 23.1. The predicted molar refractivity (Wildman–Crippen MR) is 75.8 cm³/mol. The average Bonchev–Trinajstić information content (AvgIpc) is 3.17. The second-order valence-electron chi connectivity index (χ2n) is 5.70. The van der Waals surface area contributed by atoms with Crippen LogP contribution in [0.15, 0.2) is 12.4 Å². The lowest BCUT2D eigenvalue weighted by atomic mass is 9.88. The van der Waals surface area contributed by atoms with Gasteiger partial charge in [-0.3, -0.25) is 9.69 Å². The smallest absolute Gasteiger partial charge is 0.218 e. The fourth-order valence-electron chi connectivity index (χ4n) is 3.62. The number of Topliss-reactive ketones (excluding diaryl/α,β-unsaturated/α-hetero) is 1. The molecule has 0 N–H and O–H groups in total. The van der Waals surface area contributed by atoms with Gasteiger partial charge in [-0.15, -0.1) is 0 Å². The summed E-state index contributed by atoms with van der Waals surface area (Å²) >= 11 is 0. The first kappa shape index (κ1) is 13.8. The summed E-state index contributed by atoms with van der Waals surface area (Å²) in [6, 6.07) is 0. The zero-order valence-electron chi connectivity index (χ0n) is 12.2. The van der Waals surface area contributed by atoms with Gasteiger partial charge < -0.3 is 9.30 Å². The van der Waals surface area contributed by atoms with Crippen LogP contribution in [0.25, 0.3) is 0 Å². The van der Waals surface area contributed by atoms with Crippen LogP contribution in [0, 0.1) is 0 Å². The monoisotopic (exact) mass is 277 g/mol. The van der Waals surface area contributed by atoms with Crippen molar-refractivity contribution in [2.24, 2.45) is 0 Å². The molecule has 1 aliphatic heterocycles. The maximum absolute atomic E-state index is 13.1. The lowest BCUT2D eigenvalue weighted by molar-refractivity contribution is -0.0135. The number of ketones is 1. The molecule has 0 unspecified atom stereocenters. The number of carbonyl (C=O) groups excluding carboxylic acids is 1. The Balaban J connectivity index is 1.91. The number of ether oxygens (including phenoxy) is 1. The molecule has 0 aromatic carbocycles. The highest BCUT2D eigenvalue weighted by atomic mass is 16.5. The van der Waals surface area contributed by atoms with Crippen LogP contribution in [0.1, 0.15) is 43.2 Å². The van der Waals surface area contributed by atoms with Crippen molar-refractivity contribution in [3.63, 3.8) is 0 Å². The first-order valence-corrected chi connectivity index (χ1v) is 7.66. The van der Waals surface area contributed by atoms with Gasteiger partial charge in [-0.05, 0) is 19.8 Å². The van der Waals surface area contributed by atoms with E-state index in [0.717, 1.165) is 58.5 Å². The Morgan fingerprint density at radius 2 is 2.05 bits per heavy atom. The summed E-state index contributed by atoms with van der Waals surface area (Å²) in [6.07, 6.45) is 7.82. The van der Waals surface area contributed by atoms with Gasteiger partial charge >= 0.3 is 0 Å². The third kappa shape index (κ3) is 2.19. The summed E-state index contributed by atoms with van der Waals surface area (Å²) in [4.78, 5) is 19.8. The lowest BCUT2D eigenvalue weighted by Gasteiger charge is -2.41. The van der Waals surface area contributed by atoms with E-state index in [0.29, 0.717) is 5.82 Å². The molecule has 0 bridgehead atoms. The molecule has 1 aliphatic carbocycles. The zero-order chi connectivity index (χ0) is 14.0. The quantitative estimate of drug-likeness (QED) is 0.786. The van der Waals surface area contributed by atoms with Crippen LogP contribution in [0.5, 0.6) is 0 Å². The van der Waals surface area contributed by atoms with E-state index in [9.17, 15) is 4.79 Å². The van der Waals surface area contributed by atoms with E-state index in [1.807, 2.05) is 10.8 Å². The number of morpholine rings is 1. The van der Waals surface area contributed by atoms with Crippen molar-refractivity contribution in [1.29, 1.82) is 0 Å². The van der Waals surface area contributed by atoms with Gasteiger partial charge in [0.05, 0.1) is 18.8 Å². The highest BCUT2D eigenvalue weighted by Gasteiger charge is 2.47. The number of aryl methyl sites for hydroxylation is 1. The minimum absolute atomic E-state index is 0.212. The summed E-state index contributed by atoms with van der Waals surface area (Å²) in [5.74, 6) is 0.838. The van der Waals surface area contributed by atoms with Crippen LogP contribution >= 0.6 is 0 Å². The number of aromatic nitrogens is 2. The summed E-state index contributed by atoms with van der Waals surface area (Å²) in [7, 11) is 0. The maximum Gasteiger partial charge on any atom is 0.218 e. The van der Waals surface area contributed by atoms with E-state index in [1.54, 1.807) is 6.20 Å². The van der Waals surface area contributed by atoms with Gasteiger partial charge in [-0.2, -0.15) is 0 Å². The van der Waals surface area contributed by atoms with Crippen molar-refractivity contribution in [3.05, 3.63) is 18.2 Å². The van der Waals surface area contributed by atoms with Crippen LogP contribution in [-0.4, -0.2) is 52.1 Å². The van der Waals surface area contributed by atoms with E-state index >= 15 is 0 Å². The molecular formula is C15H23N3O2. The molecule has 0 radical (unpaired) electrons. The molecule has 1 aromatic heterocycles. The average molecular weight is 277 g/mol. The van der Waals surface area contributed by atoms with Gasteiger partial charge in [0.2, 0.25) is 5.78 Å². The van der Waals surface area contributed by atoms with E-state index < -0.39 is 0 Å². The number of hydrogen-bond donors (Lipinski definition) is 0. The molecular weight excluding hydrogens is 254 g/mol. The van der Waals surface area contributed by atoms with Crippen molar-refractivity contribution in [2.45, 2.75) is 44.7 Å². The Labute approximate surface area is 119 Å². The SMILES string of the molecule is CCn1ccnc1C(=O)C1(N2CCOCC2)CCCC1. The minimum atomic E-state index is -0.331. The Kier molecular flexibility index (Phi) is 3.89. The van der Waals surface area contributed by atoms with Crippen molar-refractivity contribution in [3.8, 4) is 0 Å². The molecule has 1 saturated heterocycles. The van der Waals surface area contributed by atoms with Gasteiger partial charge in [-0.1, -0.05) is 12.8 Å². The number of nitrogens with zero attached hydrogens (tertiary/aromatic N) is 3. The fourth-order valence-corrected chi connectivity index (χ4v) is 3.62. The maximum atomic E-state index is 13.1. The first-order valence-electron chi connectivity index (χ1n) is 7.66. The Bertz CT molecular complexity index is 471. The van der Waals surface area contributed by atoms with E-state index in [4.69, 9.17) is 4.74 Å². The topological polar surface area (TPSA) is 47.4 Å². The Hall–Kier alpha value is -1.20. The Morgan fingerprint density at radius 1 is 1.35 bits per heavy atom. The fraction of sp³-hybridized carbons (Fsp3) is 0.733. The van der Waals surface area contributed by atoms with Gasteiger partial charge in [-0.25, -0.2) is 4.98 Å². The molecule has 1 aromatic rings. The molecule has 2 aliphatic rings. The van der Waals surface area contributed by atoms with Crippen LogP contribution in [0.2, 0.25) is 0 Å². The molecule has 2 heterocycles. The van der Waals surface area contributed by atoms with Crippen LogP contribution < -0.4 is 0 Å². The molecule has 0 atom stereocenters. The van der Waals surface area contributed by atoms with Crippen molar-refractivity contribution >= 4 is 5.78 Å². The molecule has 5 nitrogen and oxygen atoms in total. The molecule has 5 heteroatoms. The van der Waals surface area contributed by atoms with Crippen molar-refractivity contribution < 1.29 is 9.53 Å². The molecule has 0 amide bonds. The second kappa shape index (κ2) is 5.66. The lowest BCUT2D eigenvalue weighted by Crippen LogP contribution is -2.57. The van der Waals surface area contributed by atoms with Gasteiger partial charge in [0.1, 0.15) is 0 Å². The van der Waals surface area contributed by atoms with Crippen LogP contribution in [0.3, 0.4) is 0 Å². The summed E-state index contributed by atoms with van der Waals surface area (Å²) in [6.45, 7) is 6.03. The molecule has 3 rings (SSSR count). The predicted octanol–water partition coefficient (Wildman–Crippen LogP) is 1.73. The van der Waals surface area contributed by atoms with Gasteiger partial charge in [0.25, 0.3) is 0 Å². The highest BCUT2D eigenvalue weighted by Crippen LogP contribution is 2.38. The number of rotatable bonds is 4. The number of carbonyl (C=O) groups is 1. The minimum Gasteiger partial charge on any atom is -0.379 e. The largest absolute Gasteiger partial charge is 0.379 e. The standard InChI is InChI=1S/C15H23N3O2/c1-2-17-8-7-16-14(17)13(19)15(5-3-4-6-15)18-9-11-20-12-10-18/h7-8H,2-6,9-12H2,1H3. The molecule has 1 saturated carbocycles. The van der Waals surface area contributed by atoms with Gasteiger partial charge in [0, 0.05) is 32.0 Å². The van der Waals surface area contributed by atoms with E-state index in [-0.39, 0.29) is 11.3 Å². The molecule has 2 fully saturated rings. The summed E-state index contributed by atoms with van der Waals surface area (Å²) in [5, 5.41) is 0. The van der Waals surface area contributed by atoms with Crippen molar-refractivity contribution in [2.75, 3.05) is 26.3 Å². The summed E-state index contributed by atoms with van der Waals surface area (Å²) < 4.78 is 7.41. The van der Waals surface area contributed by atoms with Gasteiger partial charge in [0.15, 0.2) is 5.82 Å². The third-order valence-electron chi connectivity index (χ3n) is 4.73. The van der Waals surface area contributed by atoms with Crippen molar-refractivity contribution in [1.82, 2.24) is 14.5 Å². The van der Waals surface area contributed by atoms with E-state index in [1.165, 1.54) is 0 Å². The third-order valence-corrected chi connectivity index (χ3v) is 4.73. The number of imidazole rings is 1. The van der Waals surface area contributed by atoms with Crippen LogP contribution in [0.4, 0.5) is 0 Å². The second-order valence-corrected chi connectivity index (χ2v) is 5.70.